The summed E-state index contributed by atoms with van der Waals surface area (Å²) in [6.07, 6.45) is 3.40. The van der Waals surface area contributed by atoms with Crippen molar-refractivity contribution in [3.8, 4) is 23.0 Å². The first-order valence-electron chi connectivity index (χ1n) is 11.1. The van der Waals surface area contributed by atoms with Gasteiger partial charge in [-0.25, -0.2) is 0 Å². The molecule has 2 aliphatic heterocycles. The molecule has 32 heavy (non-hydrogen) atoms. The van der Waals surface area contributed by atoms with Gasteiger partial charge in [-0.15, -0.1) is 0 Å². The summed E-state index contributed by atoms with van der Waals surface area (Å²) in [5, 5.41) is 0. The van der Waals surface area contributed by atoms with Gasteiger partial charge in [0, 0.05) is 30.1 Å². The smallest absolute Gasteiger partial charge is 0.253 e. The van der Waals surface area contributed by atoms with Crippen LogP contribution in [0.3, 0.4) is 0 Å². The quantitative estimate of drug-likeness (QED) is 0.710. The monoisotopic (exact) mass is 437 g/mol. The molecular weight excluding hydrogens is 410 g/mol. The second kappa shape index (κ2) is 8.37. The Morgan fingerprint density at radius 3 is 2.50 bits per heavy atom. The molecular formula is C25H27NO6. The number of ketones is 1. The summed E-state index contributed by atoms with van der Waals surface area (Å²) < 4.78 is 21.5. The lowest BCUT2D eigenvalue weighted by atomic mass is 9.85. The predicted molar refractivity (Wildman–Crippen MR) is 117 cm³/mol. The van der Waals surface area contributed by atoms with Gasteiger partial charge in [0.1, 0.15) is 0 Å². The van der Waals surface area contributed by atoms with Gasteiger partial charge in [0.25, 0.3) is 5.91 Å². The molecule has 2 aromatic carbocycles. The zero-order valence-corrected chi connectivity index (χ0v) is 18.4. The summed E-state index contributed by atoms with van der Waals surface area (Å²) in [5.74, 6) is 3.19. The highest BCUT2D eigenvalue weighted by molar-refractivity contribution is 6.03. The SMILES string of the molecule is COc1cc2c(cc1OC)C(=O)C(CC1CCN(C(=O)c3ccc4c(c3)OCO4)CC1)C2. The minimum atomic E-state index is -0.0112. The van der Waals surface area contributed by atoms with Gasteiger partial charge in [-0.05, 0) is 67.5 Å². The Morgan fingerprint density at radius 2 is 1.75 bits per heavy atom. The third kappa shape index (κ3) is 3.66. The van der Waals surface area contributed by atoms with Crippen molar-refractivity contribution >= 4 is 11.7 Å². The number of hydrogen-bond acceptors (Lipinski definition) is 6. The summed E-state index contributed by atoms with van der Waals surface area (Å²) in [6.45, 7) is 1.60. The molecule has 7 nitrogen and oxygen atoms in total. The number of ether oxygens (including phenoxy) is 4. The van der Waals surface area contributed by atoms with Crippen LogP contribution in [0.2, 0.25) is 0 Å². The number of rotatable bonds is 5. The Balaban J connectivity index is 1.19. The third-order valence-corrected chi connectivity index (χ3v) is 6.85. The van der Waals surface area contributed by atoms with E-state index in [1.165, 1.54) is 0 Å². The Hall–Kier alpha value is -3.22. The second-order valence-electron chi connectivity index (χ2n) is 8.67. The van der Waals surface area contributed by atoms with E-state index in [9.17, 15) is 9.59 Å². The minimum absolute atomic E-state index is 0.0112. The Morgan fingerprint density at radius 1 is 1.03 bits per heavy atom. The van der Waals surface area contributed by atoms with Gasteiger partial charge in [-0.3, -0.25) is 9.59 Å². The summed E-state index contributed by atoms with van der Waals surface area (Å²) in [7, 11) is 3.19. The highest BCUT2D eigenvalue weighted by Crippen LogP contribution is 2.40. The fourth-order valence-corrected chi connectivity index (χ4v) is 5.07. The average molecular weight is 437 g/mol. The van der Waals surface area contributed by atoms with Gasteiger partial charge in [0.2, 0.25) is 6.79 Å². The van der Waals surface area contributed by atoms with E-state index in [1.807, 2.05) is 17.0 Å². The van der Waals surface area contributed by atoms with Crippen molar-refractivity contribution in [3.63, 3.8) is 0 Å². The first kappa shape index (κ1) is 20.7. The van der Waals surface area contributed by atoms with Crippen LogP contribution in [0.4, 0.5) is 0 Å². The zero-order chi connectivity index (χ0) is 22.2. The number of Topliss-reactive ketones (excluding diaryl/α,β-unsaturated/α-hetero) is 1. The molecule has 1 amide bonds. The van der Waals surface area contributed by atoms with Crippen LogP contribution in [-0.2, 0) is 6.42 Å². The molecule has 0 saturated carbocycles. The van der Waals surface area contributed by atoms with Crippen molar-refractivity contribution in [1.29, 1.82) is 0 Å². The molecule has 2 heterocycles. The number of carbonyl (C=O) groups excluding carboxylic acids is 2. The van der Waals surface area contributed by atoms with Crippen LogP contribution >= 0.6 is 0 Å². The molecule has 1 aliphatic carbocycles. The number of piperidine rings is 1. The van der Waals surface area contributed by atoms with E-state index in [0.717, 1.165) is 36.8 Å². The maximum atomic E-state index is 13.0. The summed E-state index contributed by atoms with van der Waals surface area (Å²) in [6, 6.07) is 9.07. The lowest BCUT2D eigenvalue weighted by Crippen LogP contribution is -2.39. The number of methoxy groups -OCH3 is 2. The first-order valence-corrected chi connectivity index (χ1v) is 11.1. The maximum absolute atomic E-state index is 13.0. The van der Waals surface area contributed by atoms with Gasteiger partial charge < -0.3 is 23.8 Å². The van der Waals surface area contributed by atoms with Crippen molar-refractivity contribution < 1.29 is 28.5 Å². The molecule has 1 saturated heterocycles. The molecule has 2 aromatic rings. The Kier molecular flexibility index (Phi) is 5.41. The molecule has 3 aliphatic rings. The summed E-state index contributed by atoms with van der Waals surface area (Å²) in [5.41, 5.74) is 2.41. The van der Waals surface area contributed by atoms with Crippen LogP contribution in [0, 0.1) is 11.8 Å². The zero-order valence-electron chi connectivity index (χ0n) is 18.4. The summed E-state index contributed by atoms with van der Waals surface area (Å²) in [4.78, 5) is 27.8. The second-order valence-corrected chi connectivity index (χ2v) is 8.67. The van der Waals surface area contributed by atoms with E-state index in [4.69, 9.17) is 18.9 Å². The molecule has 1 unspecified atom stereocenters. The van der Waals surface area contributed by atoms with Crippen LogP contribution in [-0.4, -0.2) is 50.7 Å². The van der Waals surface area contributed by atoms with E-state index < -0.39 is 0 Å². The fourth-order valence-electron chi connectivity index (χ4n) is 5.07. The van der Waals surface area contributed by atoms with Gasteiger partial charge >= 0.3 is 0 Å². The third-order valence-electron chi connectivity index (χ3n) is 6.85. The van der Waals surface area contributed by atoms with E-state index in [-0.39, 0.29) is 24.4 Å². The van der Waals surface area contributed by atoms with Gasteiger partial charge in [0.05, 0.1) is 14.2 Å². The van der Waals surface area contributed by atoms with Crippen LogP contribution < -0.4 is 18.9 Å². The van der Waals surface area contributed by atoms with Crippen LogP contribution in [0.5, 0.6) is 23.0 Å². The van der Waals surface area contributed by atoms with E-state index >= 15 is 0 Å². The predicted octanol–water partition coefficient (Wildman–Crippen LogP) is 3.73. The number of fused-ring (bicyclic) bond motifs is 2. The number of benzene rings is 2. The molecule has 5 rings (SSSR count). The fraction of sp³-hybridized carbons (Fsp3) is 0.440. The lowest BCUT2D eigenvalue weighted by molar-refractivity contribution is 0.0669. The summed E-state index contributed by atoms with van der Waals surface area (Å²) >= 11 is 0. The Bertz CT molecular complexity index is 1060. The minimum Gasteiger partial charge on any atom is -0.493 e. The molecule has 7 heteroatoms. The number of hydrogen-bond donors (Lipinski definition) is 0. The molecule has 0 spiro atoms. The van der Waals surface area contributed by atoms with Crippen LogP contribution in [0.25, 0.3) is 0 Å². The molecule has 168 valence electrons. The topological polar surface area (TPSA) is 74.3 Å². The molecule has 1 fully saturated rings. The molecule has 0 bridgehead atoms. The van der Waals surface area contributed by atoms with E-state index in [0.29, 0.717) is 47.6 Å². The molecule has 0 radical (unpaired) electrons. The first-order chi connectivity index (χ1) is 15.6. The van der Waals surface area contributed by atoms with Crippen molar-refractivity contribution in [2.45, 2.75) is 25.7 Å². The van der Waals surface area contributed by atoms with Crippen molar-refractivity contribution in [1.82, 2.24) is 4.90 Å². The van der Waals surface area contributed by atoms with E-state index in [1.54, 1.807) is 32.4 Å². The largest absolute Gasteiger partial charge is 0.493 e. The van der Waals surface area contributed by atoms with Gasteiger partial charge in [0.15, 0.2) is 28.8 Å². The normalized spacial score (nSPS) is 19.8. The highest BCUT2D eigenvalue weighted by Gasteiger charge is 2.35. The average Bonchev–Trinajstić information content (AvgIpc) is 3.42. The Labute approximate surface area is 187 Å². The molecule has 0 aromatic heterocycles. The van der Waals surface area contributed by atoms with Crippen LogP contribution in [0.15, 0.2) is 30.3 Å². The van der Waals surface area contributed by atoms with Gasteiger partial charge in [-0.1, -0.05) is 0 Å². The highest BCUT2D eigenvalue weighted by atomic mass is 16.7. The lowest BCUT2D eigenvalue weighted by Gasteiger charge is -2.33. The number of likely N-dealkylation sites (tertiary alicyclic amines) is 1. The molecule has 0 N–H and O–H groups in total. The van der Waals surface area contributed by atoms with Crippen LogP contribution in [0.1, 0.15) is 45.5 Å². The number of nitrogens with zero attached hydrogens (tertiary/aromatic N) is 1. The number of carbonyl (C=O) groups is 2. The van der Waals surface area contributed by atoms with Gasteiger partial charge in [-0.2, -0.15) is 0 Å². The maximum Gasteiger partial charge on any atom is 0.253 e. The standard InChI is InChI=1S/C25H27NO6/c1-29-21-12-17-10-18(24(27)19(17)13-22(21)30-2)9-15-5-7-26(8-6-15)25(28)16-3-4-20-23(11-16)32-14-31-20/h3-4,11-13,15,18H,5-10,14H2,1-2H3. The van der Waals surface area contributed by atoms with Crippen molar-refractivity contribution in [3.05, 3.63) is 47.0 Å². The van der Waals surface area contributed by atoms with E-state index in [2.05, 4.69) is 0 Å². The number of amides is 1. The van der Waals surface area contributed by atoms with Crippen molar-refractivity contribution in [2.24, 2.45) is 11.8 Å². The molecule has 1 atom stereocenters. The van der Waals surface area contributed by atoms with Crippen molar-refractivity contribution in [2.75, 3.05) is 34.1 Å².